The van der Waals surface area contributed by atoms with Gasteiger partial charge in [-0.2, -0.15) is 5.10 Å². The molecular formula is C15H22IN3O. The molecule has 1 aliphatic carbocycles. The van der Waals surface area contributed by atoms with E-state index in [9.17, 15) is 4.79 Å². The van der Waals surface area contributed by atoms with E-state index in [1.165, 1.54) is 38.4 Å². The number of hydrogen-bond donors (Lipinski definition) is 0. The van der Waals surface area contributed by atoms with Gasteiger partial charge in [-0.3, -0.25) is 4.79 Å². The van der Waals surface area contributed by atoms with Gasteiger partial charge >= 0.3 is 0 Å². The topological polar surface area (TPSA) is 47.8 Å². The summed E-state index contributed by atoms with van der Waals surface area (Å²) in [6, 6.07) is 0. The molecule has 0 aromatic carbocycles. The van der Waals surface area contributed by atoms with E-state index in [0.717, 1.165) is 3.58 Å². The summed E-state index contributed by atoms with van der Waals surface area (Å²) in [5.41, 5.74) is 0.300. The predicted molar refractivity (Wildman–Crippen MR) is 88.3 cm³/mol. The second-order valence-electron chi connectivity index (χ2n) is 6.45. The Kier molecular flexibility index (Phi) is 4.99. The van der Waals surface area contributed by atoms with Crippen molar-refractivity contribution in [2.45, 2.75) is 52.9 Å². The second-order valence-corrected chi connectivity index (χ2v) is 7.61. The lowest BCUT2D eigenvalue weighted by molar-refractivity contribution is -0.120. The van der Waals surface area contributed by atoms with Crippen LogP contribution in [0.4, 0.5) is 0 Å². The van der Waals surface area contributed by atoms with Gasteiger partial charge in [-0.25, -0.2) is 9.67 Å². The molecule has 1 aromatic heterocycles. The Hall–Kier alpha value is -0.720. The van der Waals surface area contributed by atoms with Gasteiger partial charge in [0, 0.05) is 8.99 Å². The van der Waals surface area contributed by atoms with E-state index >= 15 is 0 Å². The normalized spacial score (nSPS) is 18.8. The zero-order valence-corrected chi connectivity index (χ0v) is 14.6. The molecule has 1 fully saturated rings. The molecule has 0 spiro atoms. The van der Waals surface area contributed by atoms with Crippen LogP contribution in [0.25, 0.3) is 5.70 Å². The summed E-state index contributed by atoms with van der Waals surface area (Å²) in [7, 11) is 0. The Morgan fingerprint density at radius 2 is 1.90 bits per heavy atom. The zero-order chi connectivity index (χ0) is 14.8. The summed E-state index contributed by atoms with van der Waals surface area (Å²) < 4.78 is 2.79. The molecule has 1 heterocycles. The molecule has 0 radical (unpaired) electrons. The van der Waals surface area contributed by atoms with E-state index in [-0.39, 0.29) is 5.78 Å². The molecule has 0 bridgehead atoms. The maximum atomic E-state index is 12.8. The molecule has 110 valence electrons. The molecular weight excluding hydrogens is 365 g/mol. The molecule has 1 aliphatic rings. The van der Waals surface area contributed by atoms with Gasteiger partial charge in [0.2, 0.25) is 0 Å². The lowest BCUT2D eigenvalue weighted by Gasteiger charge is -2.26. The number of allylic oxidation sites excluding steroid dienone is 2. The van der Waals surface area contributed by atoms with Gasteiger partial charge in [0.25, 0.3) is 0 Å². The Morgan fingerprint density at radius 3 is 2.40 bits per heavy atom. The van der Waals surface area contributed by atoms with Crippen LogP contribution in [0.5, 0.6) is 0 Å². The number of ketones is 1. The first-order valence-corrected chi connectivity index (χ1v) is 8.28. The number of aromatic nitrogens is 3. The average Bonchev–Trinajstić information content (AvgIpc) is 2.92. The molecule has 1 aromatic rings. The predicted octanol–water partition coefficient (Wildman–Crippen LogP) is 4.08. The van der Waals surface area contributed by atoms with Crippen LogP contribution in [0, 0.1) is 11.3 Å². The number of halogens is 1. The molecule has 0 aliphatic heterocycles. The third-order valence-electron chi connectivity index (χ3n) is 3.73. The summed E-state index contributed by atoms with van der Waals surface area (Å²) in [5, 5.41) is 4.19. The lowest BCUT2D eigenvalue weighted by Crippen LogP contribution is -2.26. The molecule has 0 atom stereocenters. The van der Waals surface area contributed by atoms with Crippen molar-refractivity contribution in [2.75, 3.05) is 0 Å². The Labute approximate surface area is 134 Å². The van der Waals surface area contributed by atoms with E-state index in [2.05, 4.69) is 32.7 Å². The standard InChI is InChI=1S/C15H22IN3O/c1-15(2,3)14(20)13(19-10-17-9-18-19)12(16)11-7-5-4-6-8-11/h9-11H,4-8H2,1-3H3. The van der Waals surface area contributed by atoms with E-state index < -0.39 is 5.41 Å². The largest absolute Gasteiger partial charge is 0.292 e. The third-order valence-corrected chi connectivity index (χ3v) is 5.13. The fourth-order valence-corrected chi connectivity index (χ4v) is 3.67. The van der Waals surface area contributed by atoms with Crippen LogP contribution in [-0.2, 0) is 4.79 Å². The number of carbonyl (C=O) groups is 1. The Morgan fingerprint density at radius 1 is 1.25 bits per heavy atom. The number of carbonyl (C=O) groups excluding carboxylic acids is 1. The summed E-state index contributed by atoms with van der Waals surface area (Å²) in [6.07, 6.45) is 9.28. The minimum atomic E-state index is -0.410. The second kappa shape index (κ2) is 6.37. The summed E-state index contributed by atoms with van der Waals surface area (Å²) in [5.74, 6) is 0.632. The first-order valence-electron chi connectivity index (χ1n) is 7.20. The van der Waals surface area contributed by atoms with Crippen LogP contribution in [0.2, 0.25) is 0 Å². The van der Waals surface area contributed by atoms with Gasteiger partial charge in [-0.1, -0.05) is 40.0 Å². The molecule has 2 rings (SSSR count). The Balaban J connectivity index is 2.42. The Bertz CT molecular complexity index is 494. The van der Waals surface area contributed by atoms with Gasteiger partial charge in [0.05, 0.1) is 0 Å². The average molecular weight is 387 g/mol. The van der Waals surface area contributed by atoms with E-state index in [4.69, 9.17) is 0 Å². The molecule has 20 heavy (non-hydrogen) atoms. The lowest BCUT2D eigenvalue weighted by atomic mass is 9.84. The highest BCUT2D eigenvalue weighted by molar-refractivity contribution is 14.1. The third kappa shape index (κ3) is 3.48. The van der Waals surface area contributed by atoms with Crippen LogP contribution in [-0.4, -0.2) is 20.5 Å². The van der Waals surface area contributed by atoms with Crippen LogP contribution >= 0.6 is 22.6 Å². The van der Waals surface area contributed by atoms with Gasteiger partial charge in [0.1, 0.15) is 18.4 Å². The number of Topliss-reactive ketones (excluding diaryl/α,β-unsaturated/α-hetero) is 1. The first kappa shape index (κ1) is 15.7. The van der Waals surface area contributed by atoms with Crippen molar-refractivity contribution in [3.8, 4) is 0 Å². The van der Waals surface area contributed by atoms with Gasteiger partial charge in [-0.15, -0.1) is 0 Å². The van der Waals surface area contributed by atoms with Gasteiger partial charge in [-0.05, 0) is 41.4 Å². The summed E-state index contributed by atoms with van der Waals surface area (Å²) in [6.45, 7) is 5.87. The van der Waals surface area contributed by atoms with Crippen molar-refractivity contribution in [1.82, 2.24) is 14.8 Å². The molecule has 1 saturated carbocycles. The van der Waals surface area contributed by atoms with Crippen LogP contribution in [0.15, 0.2) is 16.2 Å². The van der Waals surface area contributed by atoms with Crippen molar-refractivity contribution in [3.05, 3.63) is 16.2 Å². The minimum Gasteiger partial charge on any atom is -0.292 e. The van der Waals surface area contributed by atoms with Crippen LogP contribution in [0.3, 0.4) is 0 Å². The van der Waals surface area contributed by atoms with Crippen molar-refractivity contribution in [1.29, 1.82) is 0 Å². The van der Waals surface area contributed by atoms with Gasteiger partial charge in [0.15, 0.2) is 5.78 Å². The molecule has 4 nitrogen and oxygen atoms in total. The first-order chi connectivity index (χ1) is 9.41. The fraction of sp³-hybridized carbons (Fsp3) is 0.667. The van der Waals surface area contributed by atoms with Crippen molar-refractivity contribution in [3.63, 3.8) is 0 Å². The number of nitrogens with zero attached hydrogens (tertiary/aromatic N) is 3. The van der Waals surface area contributed by atoms with Gasteiger partial charge < -0.3 is 0 Å². The van der Waals surface area contributed by atoms with Crippen molar-refractivity contribution >= 4 is 34.1 Å². The minimum absolute atomic E-state index is 0.137. The molecule has 0 N–H and O–H groups in total. The maximum Gasteiger partial charge on any atom is 0.187 e. The zero-order valence-electron chi connectivity index (χ0n) is 12.4. The SMILES string of the molecule is CC(C)(C)C(=O)C(=C(I)C1CCCCC1)n1cncn1. The van der Waals surface area contributed by atoms with Crippen molar-refractivity contribution < 1.29 is 4.79 Å². The molecule has 0 amide bonds. The maximum absolute atomic E-state index is 12.8. The summed E-state index contributed by atoms with van der Waals surface area (Å²) in [4.78, 5) is 16.8. The van der Waals surface area contributed by atoms with E-state index in [1.54, 1.807) is 11.0 Å². The molecule has 5 heteroatoms. The highest BCUT2D eigenvalue weighted by Gasteiger charge is 2.31. The number of hydrogen-bond acceptors (Lipinski definition) is 3. The van der Waals surface area contributed by atoms with E-state index in [0.29, 0.717) is 11.6 Å². The quantitative estimate of drug-likeness (QED) is 0.580. The smallest absolute Gasteiger partial charge is 0.187 e. The monoisotopic (exact) mass is 387 g/mol. The summed E-state index contributed by atoms with van der Waals surface area (Å²) >= 11 is 2.35. The van der Waals surface area contributed by atoms with Crippen LogP contribution < -0.4 is 0 Å². The highest BCUT2D eigenvalue weighted by atomic mass is 127. The fourth-order valence-electron chi connectivity index (χ4n) is 2.55. The van der Waals surface area contributed by atoms with Crippen LogP contribution in [0.1, 0.15) is 52.9 Å². The van der Waals surface area contributed by atoms with Crippen molar-refractivity contribution in [2.24, 2.45) is 11.3 Å². The number of rotatable bonds is 3. The molecule has 0 saturated heterocycles. The highest BCUT2D eigenvalue weighted by Crippen LogP contribution is 2.38. The van der Waals surface area contributed by atoms with E-state index in [1.807, 2.05) is 20.8 Å². The molecule has 0 unspecified atom stereocenters.